The molecule has 2 aromatic carbocycles. The number of hydrogen-bond acceptors (Lipinski definition) is 3. The predicted molar refractivity (Wildman–Crippen MR) is 79.3 cm³/mol. The number of phenolic OH excluding ortho intramolecular Hbond substituents is 1. The molecule has 0 aliphatic rings. The van der Waals surface area contributed by atoms with Crippen LogP contribution in [0.4, 0.5) is 4.39 Å². The van der Waals surface area contributed by atoms with Gasteiger partial charge in [-0.3, -0.25) is 0 Å². The fourth-order valence-electron chi connectivity index (χ4n) is 1.88. The molecule has 0 atom stereocenters. The van der Waals surface area contributed by atoms with Gasteiger partial charge in [-0.2, -0.15) is 0 Å². The van der Waals surface area contributed by atoms with E-state index in [4.69, 9.17) is 4.74 Å². The van der Waals surface area contributed by atoms with Crippen molar-refractivity contribution < 1.29 is 14.2 Å². The molecule has 2 aromatic rings. The lowest BCUT2D eigenvalue weighted by molar-refractivity contribution is 0.371. The molecule has 0 spiro atoms. The third-order valence-corrected chi connectivity index (χ3v) is 3.46. The molecule has 2 rings (SSSR count). The Hall–Kier alpha value is -1.59. The van der Waals surface area contributed by atoms with E-state index >= 15 is 0 Å². The van der Waals surface area contributed by atoms with Gasteiger partial charge in [0.25, 0.3) is 0 Å². The van der Waals surface area contributed by atoms with Crippen LogP contribution in [0.5, 0.6) is 11.5 Å². The third-order valence-electron chi connectivity index (χ3n) is 2.86. The molecule has 0 saturated carbocycles. The summed E-state index contributed by atoms with van der Waals surface area (Å²) >= 11 is 3.28. The van der Waals surface area contributed by atoms with Crippen molar-refractivity contribution in [3.63, 3.8) is 0 Å². The maximum atomic E-state index is 13.0. The highest BCUT2D eigenvalue weighted by Gasteiger charge is 2.08. The fraction of sp³-hybridized carbons (Fsp3) is 0.200. The van der Waals surface area contributed by atoms with Crippen LogP contribution in [0, 0.1) is 5.82 Å². The Balaban J connectivity index is 1.99. The van der Waals surface area contributed by atoms with Crippen LogP contribution in [0.1, 0.15) is 11.1 Å². The van der Waals surface area contributed by atoms with Crippen molar-refractivity contribution in [2.45, 2.75) is 13.1 Å². The second-order valence-corrected chi connectivity index (χ2v) is 5.22. The van der Waals surface area contributed by atoms with Crippen molar-refractivity contribution >= 4 is 15.9 Å². The summed E-state index contributed by atoms with van der Waals surface area (Å²) in [4.78, 5) is 0. The molecule has 0 heterocycles. The molecular weight excluding hydrogens is 325 g/mol. The van der Waals surface area contributed by atoms with Gasteiger partial charge in [0.1, 0.15) is 5.82 Å². The van der Waals surface area contributed by atoms with Crippen LogP contribution in [0.15, 0.2) is 40.9 Å². The lowest BCUT2D eigenvalue weighted by Gasteiger charge is -2.10. The number of nitrogens with one attached hydrogen (secondary N) is 1. The molecule has 3 nitrogen and oxygen atoms in total. The zero-order chi connectivity index (χ0) is 14.5. The first-order valence-electron chi connectivity index (χ1n) is 6.10. The fourth-order valence-corrected chi connectivity index (χ4v) is 2.37. The molecule has 0 bridgehead atoms. The number of aromatic hydroxyl groups is 1. The van der Waals surface area contributed by atoms with Crippen LogP contribution < -0.4 is 10.1 Å². The van der Waals surface area contributed by atoms with Crippen LogP contribution in [-0.2, 0) is 13.1 Å². The maximum Gasteiger partial charge on any atom is 0.172 e. The molecule has 106 valence electrons. The summed E-state index contributed by atoms with van der Waals surface area (Å²) in [5.41, 5.74) is 1.85. The maximum absolute atomic E-state index is 13.0. The Labute approximate surface area is 125 Å². The zero-order valence-corrected chi connectivity index (χ0v) is 12.6. The number of halogens is 2. The third kappa shape index (κ3) is 3.71. The van der Waals surface area contributed by atoms with Crippen molar-refractivity contribution in [3.8, 4) is 11.5 Å². The molecule has 0 aromatic heterocycles. The summed E-state index contributed by atoms with van der Waals surface area (Å²) in [6.45, 7) is 1.16. The van der Waals surface area contributed by atoms with Gasteiger partial charge in [-0.25, -0.2) is 4.39 Å². The van der Waals surface area contributed by atoms with Crippen molar-refractivity contribution in [2.75, 3.05) is 7.11 Å². The lowest BCUT2D eigenvalue weighted by Crippen LogP contribution is -2.12. The minimum absolute atomic E-state index is 0.0846. The minimum atomic E-state index is -0.238. The van der Waals surface area contributed by atoms with E-state index in [9.17, 15) is 9.50 Å². The van der Waals surface area contributed by atoms with E-state index in [1.165, 1.54) is 19.2 Å². The summed E-state index contributed by atoms with van der Waals surface area (Å²) in [6, 6.07) is 10.1. The molecule has 0 unspecified atom stereocenters. The van der Waals surface area contributed by atoms with Gasteiger partial charge in [0, 0.05) is 13.1 Å². The first-order valence-corrected chi connectivity index (χ1v) is 6.90. The molecular formula is C15H15BrFNO2. The van der Waals surface area contributed by atoms with Crippen molar-refractivity contribution in [1.29, 1.82) is 0 Å². The predicted octanol–water partition coefficient (Wildman–Crippen LogP) is 3.59. The summed E-state index contributed by atoms with van der Waals surface area (Å²) in [6.07, 6.45) is 0. The smallest absolute Gasteiger partial charge is 0.172 e. The van der Waals surface area contributed by atoms with E-state index < -0.39 is 0 Å². The van der Waals surface area contributed by atoms with E-state index in [-0.39, 0.29) is 11.6 Å². The second-order valence-electron chi connectivity index (χ2n) is 4.36. The molecule has 0 saturated heterocycles. The van der Waals surface area contributed by atoms with E-state index in [2.05, 4.69) is 21.2 Å². The molecule has 0 aliphatic heterocycles. The van der Waals surface area contributed by atoms with Gasteiger partial charge in [-0.05, 0) is 51.3 Å². The molecule has 0 aliphatic carbocycles. The average molecular weight is 340 g/mol. The van der Waals surface area contributed by atoms with Gasteiger partial charge in [0.15, 0.2) is 11.5 Å². The van der Waals surface area contributed by atoms with Crippen molar-refractivity contribution in [3.05, 3.63) is 57.8 Å². The van der Waals surface area contributed by atoms with Gasteiger partial charge < -0.3 is 15.2 Å². The van der Waals surface area contributed by atoms with Crippen molar-refractivity contribution in [1.82, 2.24) is 5.32 Å². The number of rotatable bonds is 5. The molecule has 0 radical (unpaired) electrons. The van der Waals surface area contributed by atoms with Gasteiger partial charge in [0.05, 0.1) is 11.6 Å². The highest BCUT2D eigenvalue weighted by atomic mass is 79.9. The highest BCUT2D eigenvalue weighted by molar-refractivity contribution is 9.10. The van der Waals surface area contributed by atoms with E-state index in [0.717, 1.165) is 11.1 Å². The van der Waals surface area contributed by atoms with Crippen LogP contribution in [-0.4, -0.2) is 12.2 Å². The summed E-state index contributed by atoms with van der Waals surface area (Å²) in [7, 11) is 1.51. The monoisotopic (exact) mass is 339 g/mol. The average Bonchev–Trinajstić information content (AvgIpc) is 2.42. The molecule has 0 amide bonds. The van der Waals surface area contributed by atoms with Crippen LogP contribution in [0.2, 0.25) is 0 Å². The minimum Gasteiger partial charge on any atom is -0.503 e. The molecule has 0 fully saturated rings. The van der Waals surface area contributed by atoms with Gasteiger partial charge in [-0.15, -0.1) is 0 Å². The Morgan fingerprint density at radius 1 is 1.20 bits per heavy atom. The van der Waals surface area contributed by atoms with E-state index in [1.807, 2.05) is 12.1 Å². The second kappa shape index (κ2) is 6.72. The van der Waals surface area contributed by atoms with Gasteiger partial charge in [0.2, 0.25) is 0 Å². The summed E-state index contributed by atoms with van der Waals surface area (Å²) in [5, 5.41) is 12.9. The normalized spacial score (nSPS) is 10.6. The van der Waals surface area contributed by atoms with Crippen LogP contribution in [0.25, 0.3) is 0 Å². The quantitative estimate of drug-likeness (QED) is 0.874. The highest BCUT2D eigenvalue weighted by Crippen LogP contribution is 2.35. The summed E-state index contributed by atoms with van der Waals surface area (Å²) in [5.74, 6) is 0.265. The Morgan fingerprint density at radius 3 is 2.65 bits per heavy atom. The Morgan fingerprint density at radius 2 is 1.95 bits per heavy atom. The van der Waals surface area contributed by atoms with Crippen LogP contribution >= 0.6 is 15.9 Å². The van der Waals surface area contributed by atoms with Gasteiger partial charge in [-0.1, -0.05) is 12.1 Å². The van der Waals surface area contributed by atoms with E-state index in [0.29, 0.717) is 23.3 Å². The van der Waals surface area contributed by atoms with E-state index in [1.54, 1.807) is 12.1 Å². The largest absolute Gasteiger partial charge is 0.503 e. The number of benzene rings is 2. The Bertz CT molecular complexity index is 604. The number of ether oxygens (including phenoxy) is 1. The molecule has 5 heteroatoms. The Kier molecular flexibility index (Phi) is 4.98. The zero-order valence-electron chi connectivity index (χ0n) is 11.0. The van der Waals surface area contributed by atoms with Crippen molar-refractivity contribution in [2.24, 2.45) is 0 Å². The number of hydrogen-bond donors (Lipinski definition) is 2. The van der Waals surface area contributed by atoms with Gasteiger partial charge >= 0.3 is 0 Å². The summed E-state index contributed by atoms with van der Waals surface area (Å²) < 4.78 is 18.7. The topological polar surface area (TPSA) is 41.5 Å². The standard InChI is InChI=1S/C15H15BrFNO2/c1-20-14-7-11(6-13(16)15(14)19)9-18-8-10-3-2-4-12(17)5-10/h2-7,18-19H,8-9H2,1H3. The molecule has 20 heavy (non-hydrogen) atoms. The first kappa shape index (κ1) is 14.8. The SMILES string of the molecule is COc1cc(CNCc2cccc(F)c2)cc(Br)c1O. The number of methoxy groups -OCH3 is 1. The lowest BCUT2D eigenvalue weighted by atomic mass is 10.2. The molecule has 2 N–H and O–H groups in total. The first-order chi connectivity index (χ1) is 9.60. The van der Waals surface area contributed by atoms with Crippen LogP contribution in [0.3, 0.4) is 0 Å². The number of phenols is 1.